The summed E-state index contributed by atoms with van der Waals surface area (Å²) in [6, 6.07) is 4.86. The number of ether oxygens (including phenoxy) is 1. The lowest BCUT2D eigenvalue weighted by Gasteiger charge is -2.10. The van der Waals surface area contributed by atoms with E-state index in [0.29, 0.717) is 5.75 Å². The van der Waals surface area contributed by atoms with E-state index in [9.17, 15) is 13.0 Å². The molecule has 0 saturated carbocycles. The molecular formula is C8H9O5S-. The van der Waals surface area contributed by atoms with E-state index in [4.69, 9.17) is 9.84 Å². The third-order valence-corrected chi connectivity index (χ3v) is 2.27. The van der Waals surface area contributed by atoms with E-state index in [1.54, 1.807) is 0 Å². The zero-order valence-electron chi connectivity index (χ0n) is 7.38. The smallest absolute Gasteiger partial charge is 0.194 e. The van der Waals surface area contributed by atoms with Gasteiger partial charge < -0.3 is 14.4 Å². The maximum Gasteiger partial charge on any atom is 0.194 e. The number of rotatable bonds is 3. The van der Waals surface area contributed by atoms with Crippen LogP contribution in [-0.4, -0.2) is 24.4 Å². The van der Waals surface area contributed by atoms with Crippen LogP contribution in [0.15, 0.2) is 29.2 Å². The quantitative estimate of drug-likeness (QED) is 0.581. The van der Waals surface area contributed by atoms with E-state index >= 15 is 0 Å². The van der Waals surface area contributed by atoms with Gasteiger partial charge in [-0.2, -0.15) is 0 Å². The monoisotopic (exact) mass is 217 g/mol. The predicted molar refractivity (Wildman–Crippen MR) is 46.7 cm³/mol. The van der Waals surface area contributed by atoms with Crippen molar-refractivity contribution in [1.82, 2.24) is 0 Å². The molecule has 0 aliphatic carbocycles. The summed E-state index contributed by atoms with van der Waals surface area (Å²) < 4.78 is 36.4. The first kappa shape index (κ1) is 11.0. The third-order valence-electron chi connectivity index (χ3n) is 1.42. The number of hydrogen-bond donors (Lipinski definition) is 1. The van der Waals surface area contributed by atoms with E-state index in [-0.39, 0.29) is 4.90 Å². The van der Waals surface area contributed by atoms with Crippen molar-refractivity contribution in [1.29, 1.82) is 0 Å². The van der Waals surface area contributed by atoms with Crippen LogP contribution in [0, 0.1) is 0 Å². The summed E-state index contributed by atoms with van der Waals surface area (Å²) in [6.45, 7) is 1.41. The van der Waals surface area contributed by atoms with E-state index in [0.717, 1.165) is 12.1 Å². The maximum atomic E-state index is 10.5. The van der Waals surface area contributed by atoms with E-state index in [1.165, 1.54) is 19.1 Å². The molecule has 6 heteroatoms. The molecule has 1 aromatic carbocycles. The highest BCUT2D eigenvalue weighted by Crippen LogP contribution is 2.16. The fourth-order valence-electron chi connectivity index (χ4n) is 0.882. The van der Waals surface area contributed by atoms with Crippen LogP contribution in [0.1, 0.15) is 6.92 Å². The minimum atomic E-state index is -4.42. The predicted octanol–water partition coefficient (Wildman–Crippen LogP) is 0.308. The van der Waals surface area contributed by atoms with Crippen molar-refractivity contribution >= 4 is 10.1 Å². The molecule has 0 heterocycles. The first-order valence-corrected chi connectivity index (χ1v) is 5.21. The Morgan fingerprint density at radius 1 is 1.36 bits per heavy atom. The molecule has 78 valence electrons. The Morgan fingerprint density at radius 2 is 1.86 bits per heavy atom. The highest BCUT2D eigenvalue weighted by molar-refractivity contribution is 7.85. The summed E-state index contributed by atoms with van der Waals surface area (Å²) in [5, 5.41) is 8.83. The van der Waals surface area contributed by atoms with Gasteiger partial charge in [0.1, 0.15) is 15.9 Å². The van der Waals surface area contributed by atoms with Crippen molar-refractivity contribution in [2.24, 2.45) is 0 Å². The molecule has 0 saturated heterocycles. The number of aliphatic hydroxyl groups is 1. The first-order valence-electron chi connectivity index (χ1n) is 3.80. The van der Waals surface area contributed by atoms with Crippen LogP contribution in [0.5, 0.6) is 5.75 Å². The highest BCUT2D eigenvalue weighted by atomic mass is 32.2. The average molecular weight is 217 g/mol. The number of benzene rings is 1. The molecule has 0 aliphatic rings. The van der Waals surface area contributed by atoms with Crippen LogP contribution < -0.4 is 4.74 Å². The minimum absolute atomic E-state index is 0.299. The molecule has 5 nitrogen and oxygen atoms in total. The molecule has 0 radical (unpaired) electrons. The molecule has 0 aliphatic heterocycles. The van der Waals surface area contributed by atoms with E-state index in [1.807, 2.05) is 0 Å². The lowest BCUT2D eigenvalue weighted by atomic mass is 10.3. The Labute approximate surface area is 81.7 Å². The molecule has 1 unspecified atom stereocenters. The summed E-state index contributed by atoms with van der Waals surface area (Å²) in [7, 11) is -4.42. The summed E-state index contributed by atoms with van der Waals surface area (Å²) in [4.78, 5) is -0.324. The number of hydrogen-bond acceptors (Lipinski definition) is 5. The molecule has 1 aromatic rings. The Bertz CT molecular complexity index is 392. The molecule has 0 amide bonds. The standard InChI is InChI=1S/C8H10O5S/c1-6(9)13-7-2-4-8(5-3-7)14(10,11)12/h2-6,9H,1H3,(H,10,11,12)/p-1. The van der Waals surface area contributed by atoms with Gasteiger partial charge in [-0.3, -0.25) is 0 Å². The van der Waals surface area contributed by atoms with Crippen molar-refractivity contribution < 1.29 is 22.8 Å². The van der Waals surface area contributed by atoms with E-state index in [2.05, 4.69) is 0 Å². The second-order valence-corrected chi connectivity index (χ2v) is 4.02. The van der Waals surface area contributed by atoms with E-state index < -0.39 is 16.4 Å². The minimum Gasteiger partial charge on any atom is -0.744 e. The molecule has 0 spiro atoms. The van der Waals surface area contributed by atoms with Gasteiger partial charge in [0.15, 0.2) is 6.29 Å². The molecule has 14 heavy (non-hydrogen) atoms. The summed E-state index contributed by atoms with van der Waals surface area (Å²) in [6.07, 6.45) is -0.982. The van der Waals surface area contributed by atoms with Gasteiger partial charge in [0.05, 0.1) is 4.90 Å². The normalized spacial score (nSPS) is 13.6. The molecule has 0 aromatic heterocycles. The van der Waals surface area contributed by atoms with Crippen LogP contribution in [0.3, 0.4) is 0 Å². The van der Waals surface area contributed by atoms with Crippen molar-refractivity contribution in [3.05, 3.63) is 24.3 Å². The second-order valence-electron chi connectivity index (χ2n) is 2.64. The van der Waals surface area contributed by atoms with Crippen molar-refractivity contribution in [2.45, 2.75) is 18.1 Å². The fourth-order valence-corrected chi connectivity index (χ4v) is 1.35. The zero-order valence-corrected chi connectivity index (χ0v) is 8.19. The average Bonchev–Trinajstić information content (AvgIpc) is 2.02. The Balaban J connectivity index is 2.90. The summed E-state index contributed by atoms with van der Waals surface area (Å²) in [5.41, 5.74) is 0. The molecule has 1 rings (SSSR count). The third kappa shape index (κ3) is 2.99. The highest BCUT2D eigenvalue weighted by Gasteiger charge is 2.02. The first-order chi connectivity index (χ1) is 6.39. The van der Waals surface area contributed by atoms with Gasteiger partial charge in [0, 0.05) is 0 Å². The van der Waals surface area contributed by atoms with Crippen LogP contribution >= 0.6 is 0 Å². The Hall–Kier alpha value is -1.11. The lowest BCUT2D eigenvalue weighted by Crippen LogP contribution is -2.09. The number of aliphatic hydroxyl groups excluding tert-OH is 1. The second kappa shape index (κ2) is 3.95. The van der Waals surface area contributed by atoms with Gasteiger partial charge in [-0.15, -0.1) is 0 Å². The van der Waals surface area contributed by atoms with Crippen LogP contribution in [0.4, 0.5) is 0 Å². The van der Waals surface area contributed by atoms with Crippen LogP contribution in [0.25, 0.3) is 0 Å². The SMILES string of the molecule is CC(O)Oc1ccc(S(=O)(=O)[O-])cc1. The topological polar surface area (TPSA) is 86.7 Å². The largest absolute Gasteiger partial charge is 0.744 e. The summed E-state index contributed by atoms with van der Waals surface area (Å²) in [5.74, 6) is 0.299. The van der Waals surface area contributed by atoms with Gasteiger partial charge >= 0.3 is 0 Å². The Morgan fingerprint density at radius 3 is 2.21 bits per heavy atom. The van der Waals surface area contributed by atoms with Crippen molar-refractivity contribution in [2.75, 3.05) is 0 Å². The van der Waals surface area contributed by atoms with Gasteiger partial charge in [0.2, 0.25) is 0 Å². The summed E-state index contributed by atoms with van der Waals surface area (Å²) >= 11 is 0. The maximum absolute atomic E-state index is 10.5. The molecule has 0 fully saturated rings. The zero-order chi connectivity index (χ0) is 10.8. The van der Waals surface area contributed by atoms with Gasteiger partial charge in [-0.1, -0.05) is 0 Å². The Kier molecular flexibility index (Phi) is 3.10. The van der Waals surface area contributed by atoms with Crippen LogP contribution in [-0.2, 0) is 10.1 Å². The molecule has 0 bridgehead atoms. The molecular weight excluding hydrogens is 208 g/mol. The van der Waals surface area contributed by atoms with Crippen molar-refractivity contribution in [3.63, 3.8) is 0 Å². The fraction of sp³-hybridized carbons (Fsp3) is 0.250. The van der Waals surface area contributed by atoms with Gasteiger partial charge in [0.25, 0.3) is 0 Å². The van der Waals surface area contributed by atoms with Gasteiger partial charge in [-0.05, 0) is 31.2 Å². The van der Waals surface area contributed by atoms with Gasteiger partial charge in [-0.25, -0.2) is 8.42 Å². The van der Waals surface area contributed by atoms with Crippen LogP contribution in [0.2, 0.25) is 0 Å². The van der Waals surface area contributed by atoms with Crippen molar-refractivity contribution in [3.8, 4) is 5.75 Å². The molecule has 1 atom stereocenters. The lowest BCUT2D eigenvalue weighted by molar-refractivity contribution is -0.000323. The molecule has 1 N–H and O–H groups in total.